The van der Waals surface area contributed by atoms with Crippen LogP contribution in [-0.2, 0) is 14.3 Å². The molecule has 0 aliphatic rings. The van der Waals surface area contributed by atoms with Crippen LogP contribution in [0.1, 0.15) is 20.8 Å². The maximum Gasteiger partial charge on any atom is 0.336 e. The molecule has 0 aliphatic carbocycles. The average Bonchev–Trinajstić information content (AvgIpc) is 2.28. The third-order valence-electron chi connectivity index (χ3n) is 2.36. The van der Waals surface area contributed by atoms with Gasteiger partial charge in [0.15, 0.2) is 12.3 Å². The Morgan fingerprint density at radius 2 is 1.83 bits per heavy atom. The van der Waals surface area contributed by atoms with Crippen molar-refractivity contribution in [3.63, 3.8) is 0 Å². The number of carbonyl (C=O) groups excluding carboxylic acids is 2. The second kappa shape index (κ2) is 5.67. The summed E-state index contributed by atoms with van der Waals surface area (Å²) >= 11 is 0. The smallest absolute Gasteiger partial charge is 0.336 e. The highest BCUT2D eigenvalue weighted by Crippen LogP contribution is 2.16. The van der Waals surface area contributed by atoms with Crippen LogP contribution in [0.4, 0.5) is 5.69 Å². The van der Waals surface area contributed by atoms with Gasteiger partial charge in [-0.2, -0.15) is 0 Å². The summed E-state index contributed by atoms with van der Waals surface area (Å²) in [6.45, 7) is 5.32. The van der Waals surface area contributed by atoms with Gasteiger partial charge in [-0.25, -0.2) is 4.79 Å². The predicted octanol–water partition coefficient (Wildman–Crippen LogP) is 2.03. The molecule has 0 N–H and O–H groups in total. The number of rotatable bonds is 4. The van der Waals surface area contributed by atoms with E-state index in [1.54, 1.807) is 32.7 Å². The van der Waals surface area contributed by atoms with Gasteiger partial charge >= 0.3 is 5.97 Å². The first-order valence-corrected chi connectivity index (χ1v) is 5.81. The Hall–Kier alpha value is -1.84. The largest absolute Gasteiger partial charge is 0.458 e. The van der Waals surface area contributed by atoms with E-state index < -0.39 is 17.6 Å². The zero-order valence-corrected chi connectivity index (χ0v) is 11.2. The van der Waals surface area contributed by atoms with E-state index in [1.807, 2.05) is 30.3 Å². The van der Waals surface area contributed by atoms with Crippen molar-refractivity contribution in [2.75, 3.05) is 11.9 Å². The molecular weight excluding hydrogens is 230 g/mol. The van der Waals surface area contributed by atoms with Crippen LogP contribution in [0.25, 0.3) is 0 Å². The van der Waals surface area contributed by atoms with Crippen LogP contribution >= 0.6 is 0 Å². The predicted molar refractivity (Wildman–Crippen MR) is 70.5 cm³/mol. The van der Waals surface area contributed by atoms with Gasteiger partial charge in [-0.1, -0.05) is 18.2 Å². The van der Waals surface area contributed by atoms with Gasteiger partial charge in [0.2, 0.25) is 0 Å². The molecule has 0 saturated carbocycles. The fraction of sp³-hybridized carbons (Fsp3) is 0.429. The van der Waals surface area contributed by atoms with Gasteiger partial charge in [0, 0.05) is 12.7 Å². The van der Waals surface area contributed by atoms with E-state index in [0.29, 0.717) is 6.29 Å². The molecule has 1 aromatic carbocycles. The summed E-state index contributed by atoms with van der Waals surface area (Å²) in [6.07, 6.45) is 0.598. The number of aldehydes is 1. The molecule has 0 aliphatic heterocycles. The fourth-order valence-corrected chi connectivity index (χ4v) is 1.49. The van der Waals surface area contributed by atoms with E-state index in [-0.39, 0.29) is 0 Å². The van der Waals surface area contributed by atoms with Crippen LogP contribution in [0.3, 0.4) is 0 Å². The van der Waals surface area contributed by atoms with Crippen molar-refractivity contribution in [1.82, 2.24) is 0 Å². The van der Waals surface area contributed by atoms with Gasteiger partial charge in [0.1, 0.15) is 5.60 Å². The molecule has 0 unspecified atom stereocenters. The monoisotopic (exact) mass is 249 g/mol. The molecule has 4 nitrogen and oxygen atoms in total. The van der Waals surface area contributed by atoms with Gasteiger partial charge < -0.3 is 14.4 Å². The van der Waals surface area contributed by atoms with Crippen molar-refractivity contribution in [3.8, 4) is 0 Å². The van der Waals surface area contributed by atoms with E-state index in [0.717, 1.165) is 5.69 Å². The molecule has 0 bridgehead atoms. The number of esters is 1. The topological polar surface area (TPSA) is 46.6 Å². The van der Waals surface area contributed by atoms with E-state index in [1.165, 1.54) is 0 Å². The summed E-state index contributed by atoms with van der Waals surface area (Å²) in [6, 6.07) is 8.32. The van der Waals surface area contributed by atoms with Crippen LogP contribution in [0.5, 0.6) is 0 Å². The number of likely N-dealkylation sites (N-methyl/N-ethyl adjacent to an activating group) is 1. The Bertz CT molecular complexity index is 409. The quantitative estimate of drug-likeness (QED) is 0.465. The molecule has 0 saturated heterocycles. The number of hydrogen-bond acceptors (Lipinski definition) is 4. The van der Waals surface area contributed by atoms with Crippen molar-refractivity contribution in [2.45, 2.75) is 32.4 Å². The molecule has 0 aromatic heterocycles. The lowest BCUT2D eigenvalue weighted by Crippen LogP contribution is -2.43. The molecule has 98 valence electrons. The average molecular weight is 249 g/mol. The minimum Gasteiger partial charge on any atom is -0.458 e. The summed E-state index contributed by atoms with van der Waals surface area (Å²) in [5, 5.41) is 0. The highest BCUT2D eigenvalue weighted by atomic mass is 16.6. The molecule has 1 rings (SSSR count). The van der Waals surface area contributed by atoms with Crippen molar-refractivity contribution in [1.29, 1.82) is 0 Å². The summed E-state index contributed by atoms with van der Waals surface area (Å²) in [5.74, 6) is -0.538. The number of hydrogen-bond donors (Lipinski definition) is 0. The molecule has 1 atom stereocenters. The van der Waals surface area contributed by atoms with Gasteiger partial charge in [-0.05, 0) is 32.9 Å². The molecule has 0 fully saturated rings. The number of nitrogens with zero attached hydrogens (tertiary/aromatic N) is 1. The van der Waals surface area contributed by atoms with Gasteiger partial charge in [0.25, 0.3) is 0 Å². The molecule has 0 heterocycles. The number of carbonyl (C=O) groups is 2. The fourth-order valence-electron chi connectivity index (χ4n) is 1.49. The molecule has 0 spiro atoms. The van der Waals surface area contributed by atoms with Gasteiger partial charge in [-0.3, -0.25) is 0 Å². The Morgan fingerprint density at radius 1 is 1.28 bits per heavy atom. The number of anilines is 1. The van der Waals surface area contributed by atoms with Crippen molar-refractivity contribution in [2.24, 2.45) is 0 Å². The van der Waals surface area contributed by atoms with Crippen LogP contribution in [0.15, 0.2) is 30.3 Å². The SMILES string of the molecule is CN(c1ccccc1)[C@H](C=O)C(=O)OC(C)(C)C. The van der Waals surface area contributed by atoms with E-state index in [9.17, 15) is 9.59 Å². The summed E-state index contributed by atoms with van der Waals surface area (Å²) < 4.78 is 5.22. The van der Waals surface area contributed by atoms with Crippen molar-refractivity contribution < 1.29 is 14.3 Å². The number of benzene rings is 1. The number of ether oxygens (including phenoxy) is 1. The molecule has 0 radical (unpaired) electrons. The zero-order valence-electron chi connectivity index (χ0n) is 11.2. The van der Waals surface area contributed by atoms with Crippen molar-refractivity contribution >= 4 is 17.9 Å². The second-order valence-electron chi connectivity index (χ2n) is 5.06. The van der Waals surface area contributed by atoms with Crippen LogP contribution in [-0.4, -0.2) is 30.9 Å². The first kappa shape index (κ1) is 14.2. The third kappa shape index (κ3) is 3.87. The summed E-state index contributed by atoms with van der Waals surface area (Å²) in [7, 11) is 1.69. The summed E-state index contributed by atoms with van der Waals surface area (Å²) in [4.78, 5) is 24.6. The maximum atomic E-state index is 11.9. The van der Waals surface area contributed by atoms with Gasteiger partial charge in [0.05, 0.1) is 0 Å². The van der Waals surface area contributed by atoms with E-state index in [4.69, 9.17) is 4.74 Å². The highest BCUT2D eigenvalue weighted by molar-refractivity contribution is 5.96. The van der Waals surface area contributed by atoms with Gasteiger partial charge in [-0.15, -0.1) is 0 Å². The van der Waals surface area contributed by atoms with Crippen molar-refractivity contribution in [3.05, 3.63) is 30.3 Å². The molecule has 4 heteroatoms. The zero-order chi connectivity index (χ0) is 13.8. The molecule has 1 aromatic rings. The van der Waals surface area contributed by atoms with Crippen LogP contribution in [0, 0.1) is 0 Å². The normalized spacial score (nSPS) is 12.7. The third-order valence-corrected chi connectivity index (χ3v) is 2.36. The summed E-state index contributed by atoms with van der Waals surface area (Å²) in [5.41, 5.74) is 0.191. The first-order valence-electron chi connectivity index (χ1n) is 5.81. The Labute approximate surface area is 108 Å². The van der Waals surface area contributed by atoms with Crippen LogP contribution < -0.4 is 4.90 Å². The molecular formula is C14H19NO3. The maximum absolute atomic E-state index is 11.9. The molecule has 0 amide bonds. The van der Waals surface area contributed by atoms with Crippen LogP contribution in [0.2, 0.25) is 0 Å². The lowest BCUT2D eigenvalue weighted by Gasteiger charge is -2.28. The Morgan fingerprint density at radius 3 is 2.28 bits per heavy atom. The lowest BCUT2D eigenvalue weighted by molar-refractivity contribution is -0.156. The second-order valence-corrected chi connectivity index (χ2v) is 5.06. The highest BCUT2D eigenvalue weighted by Gasteiger charge is 2.28. The first-order chi connectivity index (χ1) is 8.35. The molecule has 18 heavy (non-hydrogen) atoms. The standard InChI is InChI=1S/C14H19NO3/c1-14(2,3)18-13(17)12(10-16)15(4)11-8-6-5-7-9-11/h5-10,12H,1-4H3/t12-/m1/s1. The van der Waals surface area contributed by atoms with E-state index in [2.05, 4.69) is 0 Å². The number of para-hydroxylation sites is 1. The van der Waals surface area contributed by atoms with E-state index >= 15 is 0 Å². The lowest BCUT2D eigenvalue weighted by atomic mass is 10.2. The minimum absolute atomic E-state index is 0.538. The Kier molecular flexibility index (Phi) is 4.48. The minimum atomic E-state index is -0.924. The Balaban J connectivity index is 2.84.